The average molecular weight is 268 g/mol. The number of nitrogens with zero attached hydrogens (tertiary/aromatic N) is 2. The van der Waals surface area contributed by atoms with Crippen LogP contribution in [0.25, 0.3) is 0 Å². The lowest BCUT2D eigenvalue weighted by Gasteiger charge is -2.24. The van der Waals surface area contributed by atoms with E-state index >= 15 is 0 Å². The first kappa shape index (κ1) is 14.5. The van der Waals surface area contributed by atoms with Crippen molar-refractivity contribution < 1.29 is 14.4 Å². The third-order valence-electron chi connectivity index (χ3n) is 3.50. The van der Waals surface area contributed by atoms with Crippen LogP contribution in [0.2, 0.25) is 0 Å². The zero-order valence-electron chi connectivity index (χ0n) is 12.2. The summed E-state index contributed by atoms with van der Waals surface area (Å²) in [5.74, 6) is 1.64. The lowest BCUT2D eigenvalue weighted by molar-refractivity contribution is 0.0384. The minimum atomic E-state index is -0.493. The molecule has 0 spiro atoms. The van der Waals surface area contributed by atoms with Crippen LogP contribution in [-0.4, -0.2) is 28.0 Å². The Balaban J connectivity index is 2.01. The molecule has 1 aromatic heterocycles. The number of ether oxygens (including phenoxy) is 1. The van der Waals surface area contributed by atoms with Crippen LogP contribution in [0.3, 0.4) is 0 Å². The summed E-state index contributed by atoms with van der Waals surface area (Å²) in [6.45, 7) is 8.59. The van der Waals surface area contributed by atoms with Gasteiger partial charge >= 0.3 is 0 Å². The molecule has 5 nitrogen and oxygen atoms in total. The lowest BCUT2D eigenvalue weighted by Crippen LogP contribution is -2.28. The molecule has 1 aromatic rings. The third-order valence-corrected chi connectivity index (χ3v) is 3.50. The number of hydrogen-bond donors (Lipinski definition) is 1. The first-order valence-corrected chi connectivity index (χ1v) is 7.04. The van der Waals surface area contributed by atoms with Gasteiger partial charge in [-0.25, -0.2) is 0 Å². The van der Waals surface area contributed by atoms with Crippen LogP contribution < -0.4 is 0 Å². The van der Waals surface area contributed by atoms with Gasteiger partial charge in [-0.05, 0) is 31.1 Å². The highest BCUT2D eigenvalue weighted by Crippen LogP contribution is 2.42. The fraction of sp³-hybridized carbons (Fsp3) is 0.857. The first-order chi connectivity index (χ1) is 8.91. The molecule has 0 aliphatic heterocycles. The Kier molecular flexibility index (Phi) is 4.26. The maximum atomic E-state index is 10.1. The summed E-state index contributed by atoms with van der Waals surface area (Å²) in [6, 6.07) is 0. The van der Waals surface area contributed by atoms with Crippen molar-refractivity contribution in [2.24, 2.45) is 11.3 Å². The van der Waals surface area contributed by atoms with Crippen LogP contribution in [-0.2, 0) is 11.2 Å². The van der Waals surface area contributed by atoms with Gasteiger partial charge < -0.3 is 14.4 Å². The summed E-state index contributed by atoms with van der Waals surface area (Å²) in [5.41, 5.74) is -0.190. The van der Waals surface area contributed by atoms with Gasteiger partial charge in [-0.2, -0.15) is 4.98 Å². The van der Waals surface area contributed by atoms with Crippen LogP contribution in [0.1, 0.15) is 58.4 Å². The van der Waals surface area contributed by atoms with Crippen LogP contribution >= 0.6 is 0 Å². The summed E-state index contributed by atoms with van der Waals surface area (Å²) in [6.07, 6.45) is 2.18. The number of aliphatic hydroxyl groups is 1. The van der Waals surface area contributed by atoms with Gasteiger partial charge in [0.05, 0.1) is 12.5 Å². The molecule has 2 rings (SSSR count). The zero-order valence-corrected chi connectivity index (χ0v) is 12.2. The highest BCUT2D eigenvalue weighted by atomic mass is 16.5. The van der Waals surface area contributed by atoms with E-state index in [0.717, 1.165) is 0 Å². The van der Waals surface area contributed by atoms with E-state index in [-0.39, 0.29) is 11.5 Å². The predicted octanol–water partition coefficient (Wildman–Crippen LogP) is 2.51. The molecule has 19 heavy (non-hydrogen) atoms. The van der Waals surface area contributed by atoms with Gasteiger partial charge in [0.2, 0.25) is 11.7 Å². The van der Waals surface area contributed by atoms with Crippen molar-refractivity contribution >= 4 is 0 Å². The minimum Gasteiger partial charge on any atom is -0.392 e. The molecule has 1 saturated carbocycles. The molecule has 1 fully saturated rings. The number of hydrogen-bond acceptors (Lipinski definition) is 5. The molecule has 1 heterocycles. The highest BCUT2D eigenvalue weighted by molar-refractivity contribution is 4.99. The summed E-state index contributed by atoms with van der Waals surface area (Å²) in [7, 11) is 0. The smallest absolute Gasteiger partial charge is 0.229 e. The van der Waals surface area contributed by atoms with E-state index < -0.39 is 6.10 Å². The maximum Gasteiger partial charge on any atom is 0.229 e. The second kappa shape index (κ2) is 5.59. The van der Waals surface area contributed by atoms with E-state index in [1.54, 1.807) is 0 Å². The van der Waals surface area contributed by atoms with E-state index in [1.807, 2.05) is 27.7 Å². The molecule has 108 valence electrons. The van der Waals surface area contributed by atoms with Gasteiger partial charge in [-0.3, -0.25) is 0 Å². The molecular weight excluding hydrogens is 244 g/mol. The largest absolute Gasteiger partial charge is 0.392 e. The lowest BCUT2D eigenvalue weighted by atomic mass is 9.87. The van der Waals surface area contributed by atoms with Crippen LogP contribution in [0.4, 0.5) is 0 Å². The van der Waals surface area contributed by atoms with Crippen molar-refractivity contribution in [2.75, 3.05) is 6.61 Å². The van der Waals surface area contributed by atoms with Crippen molar-refractivity contribution in [2.45, 2.75) is 59.2 Å². The van der Waals surface area contributed by atoms with Gasteiger partial charge in [0, 0.05) is 6.61 Å². The monoisotopic (exact) mass is 268 g/mol. The molecular formula is C14H24N2O3. The zero-order chi connectivity index (χ0) is 14.0. The molecule has 5 heteroatoms. The molecule has 0 bridgehead atoms. The molecule has 0 amide bonds. The molecule has 1 aliphatic carbocycles. The number of rotatable bonds is 6. The fourth-order valence-electron chi connectivity index (χ4n) is 1.94. The van der Waals surface area contributed by atoms with E-state index in [2.05, 4.69) is 10.1 Å². The van der Waals surface area contributed by atoms with E-state index in [9.17, 15) is 5.11 Å². The normalized spacial score (nSPS) is 19.4. The Hall–Kier alpha value is -0.940. The van der Waals surface area contributed by atoms with E-state index in [1.165, 1.54) is 12.8 Å². The molecule has 1 N–H and O–H groups in total. The van der Waals surface area contributed by atoms with Crippen molar-refractivity contribution in [3.63, 3.8) is 0 Å². The quantitative estimate of drug-likeness (QED) is 0.858. The number of aliphatic hydroxyl groups excluding tert-OH is 1. The second-order valence-electron chi connectivity index (χ2n) is 6.35. The molecule has 1 aliphatic rings. The second-order valence-corrected chi connectivity index (χ2v) is 6.35. The Labute approximate surface area is 114 Å². The van der Waals surface area contributed by atoms with Gasteiger partial charge in [0.25, 0.3) is 0 Å². The summed E-state index contributed by atoms with van der Waals surface area (Å²) in [4.78, 5) is 4.38. The molecule has 2 atom stereocenters. The van der Waals surface area contributed by atoms with Gasteiger partial charge in [-0.15, -0.1) is 0 Å². The van der Waals surface area contributed by atoms with Crippen molar-refractivity contribution in [3.8, 4) is 0 Å². The summed E-state index contributed by atoms with van der Waals surface area (Å²) < 4.78 is 10.9. The first-order valence-electron chi connectivity index (χ1n) is 7.04. The third kappa shape index (κ3) is 3.76. The van der Waals surface area contributed by atoms with Crippen LogP contribution in [0.15, 0.2) is 4.52 Å². The highest BCUT2D eigenvalue weighted by Gasteiger charge is 2.36. The summed E-state index contributed by atoms with van der Waals surface area (Å²) >= 11 is 0. The molecule has 2 unspecified atom stereocenters. The number of aromatic nitrogens is 2. The average Bonchev–Trinajstić information content (AvgIpc) is 3.05. The SMILES string of the molecule is CCOC(c1noc(CC(O)C(C)(C)C)n1)C1CC1. The predicted molar refractivity (Wildman–Crippen MR) is 70.6 cm³/mol. The van der Waals surface area contributed by atoms with Crippen molar-refractivity contribution in [1.29, 1.82) is 0 Å². The van der Waals surface area contributed by atoms with Crippen molar-refractivity contribution in [1.82, 2.24) is 10.1 Å². The standard InChI is InChI=1S/C14H24N2O3/c1-5-18-12(9-6-7-9)13-15-11(19-16-13)8-10(17)14(2,3)4/h9-10,12,17H,5-8H2,1-4H3. The van der Waals surface area contributed by atoms with Gasteiger partial charge in [0.1, 0.15) is 6.10 Å². The topological polar surface area (TPSA) is 68.4 Å². The van der Waals surface area contributed by atoms with Crippen LogP contribution in [0.5, 0.6) is 0 Å². The van der Waals surface area contributed by atoms with Crippen molar-refractivity contribution in [3.05, 3.63) is 11.7 Å². The van der Waals surface area contributed by atoms with E-state index in [0.29, 0.717) is 30.7 Å². The summed E-state index contributed by atoms with van der Waals surface area (Å²) in [5, 5.41) is 14.1. The van der Waals surface area contributed by atoms with Gasteiger partial charge in [0.15, 0.2) is 0 Å². The molecule has 0 radical (unpaired) electrons. The minimum absolute atomic E-state index is 0.0470. The van der Waals surface area contributed by atoms with Gasteiger partial charge in [-0.1, -0.05) is 25.9 Å². The maximum absolute atomic E-state index is 10.1. The van der Waals surface area contributed by atoms with E-state index in [4.69, 9.17) is 9.26 Å². The fourth-order valence-corrected chi connectivity index (χ4v) is 1.94. The Bertz CT molecular complexity index is 407. The van der Waals surface area contributed by atoms with Crippen LogP contribution in [0, 0.1) is 11.3 Å². The molecule has 0 aromatic carbocycles. The Morgan fingerprint density at radius 3 is 2.63 bits per heavy atom. The molecule has 0 saturated heterocycles. The Morgan fingerprint density at radius 1 is 1.42 bits per heavy atom. The Morgan fingerprint density at radius 2 is 2.11 bits per heavy atom.